The zero-order valence-electron chi connectivity index (χ0n) is 15.2. The highest BCUT2D eigenvalue weighted by Crippen LogP contribution is 2.28. The van der Waals surface area contributed by atoms with E-state index in [0.29, 0.717) is 29.4 Å². The van der Waals surface area contributed by atoms with Crippen LogP contribution in [-0.4, -0.2) is 23.5 Å². The molecule has 2 aromatic carbocycles. The fraction of sp³-hybridized carbons (Fsp3) is 0.143. The van der Waals surface area contributed by atoms with Crippen LogP contribution in [0.1, 0.15) is 23.0 Å². The monoisotopic (exact) mass is 363 g/mol. The molecule has 0 atom stereocenters. The minimum Gasteiger partial charge on any atom is -0.495 e. The molecule has 0 aliphatic carbocycles. The summed E-state index contributed by atoms with van der Waals surface area (Å²) in [6.45, 7) is 2.03. The van der Waals surface area contributed by atoms with Crippen LogP contribution in [0.3, 0.4) is 0 Å². The Morgan fingerprint density at radius 2 is 1.78 bits per heavy atom. The average molecular weight is 363 g/mol. The minimum atomic E-state index is -0.227. The molecule has 138 valence electrons. The van der Waals surface area contributed by atoms with Crippen LogP contribution in [0.5, 0.6) is 5.75 Å². The van der Waals surface area contributed by atoms with Gasteiger partial charge in [-0.05, 0) is 35.9 Å². The Kier molecular flexibility index (Phi) is 5.56. The first-order chi connectivity index (χ1) is 13.1. The fourth-order valence-electron chi connectivity index (χ4n) is 2.81. The van der Waals surface area contributed by atoms with Gasteiger partial charge in [0.2, 0.25) is 5.91 Å². The summed E-state index contributed by atoms with van der Waals surface area (Å²) in [5, 5.41) is 5.57. The van der Waals surface area contributed by atoms with E-state index in [0.717, 1.165) is 5.56 Å². The van der Waals surface area contributed by atoms with Crippen LogP contribution in [0.15, 0.2) is 66.9 Å². The highest BCUT2D eigenvalue weighted by molar-refractivity contribution is 6.04. The largest absolute Gasteiger partial charge is 0.495 e. The van der Waals surface area contributed by atoms with Gasteiger partial charge in [-0.25, -0.2) is 0 Å². The molecule has 2 N–H and O–H groups in total. The Bertz CT molecular complexity index is 948. The van der Waals surface area contributed by atoms with E-state index in [-0.39, 0.29) is 11.8 Å². The van der Waals surface area contributed by atoms with Crippen LogP contribution in [0, 0.1) is 0 Å². The lowest BCUT2D eigenvalue weighted by molar-refractivity contribution is -0.114. The summed E-state index contributed by atoms with van der Waals surface area (Å²) >= 11 is 0. The summed E-state index contributed by atoms with van der Waals surface area (Å²) in [7, 11) is 1.52. The predicted molar refractivity (Wildman–Crippen MR) is 105 cm³/mol. The number of amides is 2. The SMILES string of the molecule is COc1ccc(NC(=O)c2cccn2Cc2ccccc2)cc1NC(C)=O. The molecule has 2 amide bonds. The molecule has 0 aliphatic heterocycles. The van der Waals surface area contributed by atoms with Gasteiger partial charge < -0.3 is 19.9 Å². The van der Waals surface area contributed by atoms with Crippen LogP contribution in [0.4, 0.5) is 11.4 Å². The predicted octanol–water partition coefficient (Wildman–Crippen LogP) is 3.76. The molecule has 3 rings (SSSR count). The zero-order valence-corrected chi connectivity index (χ0v) is 15.2. The molecule has 6 heteroatoms. The van der Waals surface area contributed by atoms with Gasteiger partial charge in [-0.1, -0.05) is 30.3 Å². The first-order valence-electron chi connectivity index (χ1n) is 8.53. The Morgan fingerprint density at radius 1 is 1.00 bits per heavy atom. The fourth-order valence-corrected chi connectivity index (χ4v) is 2.81. The maximum absolute atomic E-state index is 12.7. The van der Waals surface area contributed by atoms with Crippen molar-refractivity contribution in [1.29, 1.82) is 0 Å². The number of nitrogens with one attached hydrogen (secondary N) is 2. The third kappa shape index (κ3) is 4.55. The van der Waals surface area contributed by atoms with Gasteiger partial charge in [0.25, 0.3) is 5.91 Å². The van der Waals surface area contributed by atoms with E-state index < -0.39 is 0 Å². The van der Waals surface area contributed by atoms with Crippen molar-refractivity contribution >= 4 is 23.2 Å². The van der Waals surface area contributed by atoms with E-state index in [9.17, 15) is 9.59 Å². The van der Waals surface area contributed by atoms with Gasteiger partial charge in [-0.3, -0.25) is 9.59 Å². The maximum Gasteiger partial charge on any atom is 0.272 e. The van der Waals surface area contributed by atoms with Crippen LogP contribution < -0.4 is 15.4 Å². The average Bonchev–Trinajstić information content (AvgIpc) is 3.10. The third-order valence-electron chi connectivity index (χ3n) is 4.03. The van der Waals surface area contributed by atoms with Crippen molar-refractivity contribution in [1.82, 2.24) is 4.57 Å². The number of aromatic nitrogens is 1. The van der Waals surface area contributed by atoms with Gasteiger partial charge in [-0.15, -0.1) is 0 Å². The molecule has 0 radical (unpaired) electrons. The number of hydrogen-bond acceptors (Lipinski definition) is 3. The smallest absolute Gasteiger partial charge is 0.272 e. The molecule has 1 aromatic heterocycles. The second-order valence-corrected chi connectivity index (χ2v) is 6.06. The molecule has 0 saturated carbocycles. The minimum absolute atomic E-state index is 0.214. The summed E-state index contributed by atoms with van der Waals surface area (Å²) in [5.74, 6) is 0.0824. The van der Waals surface area contributed by atoms with E-state index in [1.54, 1.807) is 24.3 Å². The molecule has 1 heterocycles. The number of carbonyl (C=O) groups is 2. The van der Waals surface area contributed by atoms with Gasteiger partial charge in [0.15, 0.2) is 0 Å². The highest BCUT2D eigenvalue weighted by atomic mass is 16.5. The molecular formula is C21H21N3O3. The van der Waals surface area contributed by atoms with Crippen LogP contribution in [0.25, 0.3) is 0 Å². The van der Waals surface area contributed by atoms with Crippen molar-refractivity contribution in [2.75, 3.05) is 17.7 Å². The number of nitrogens with zero attached hydrogens (tertiary/aromatic N) is 1. The Labute approximate surface area is 157 Å². The summed E-state index contributed by atoms with van der Waals surface area (Å²) in [6.07, 6.45) is 1.87. The number of anilines is 2. The first kappa shape index (κ1) is 18.3. The van der Waals surface area contributed by atoms with Crippen LogP contribution in [-0.2, 0) is 11.3 Å². The van der Waals surface area contributed by atoms with E-state index >= 15 is 0 Å². The molecular weight excluding hydrogens is 342 g/mol. The molecule has 6 nitrogen and oxygen atoms in total. The molecule has 0 saturated heterocycles. The van der Waals surface area contributed by atoms with Crippen molar-refractivity contribution in [2.45, 2.75) is 13.5 Å². The van der Waals surface area contributed by atoms with Gasteiger partial charge in [-0.2, -0.15) is 0 Å². The van der Waals surface area contributed by atoms with E-state index in [4.69, 9.17) is 4.74 Å². The van der Waals surface area contributed by atoms with Gasteiger partial charge in [0.1, 0.15) is 11.4 Å². The number of methoxy groups -OCH3 is 1. The third-order valence-corrected chi connectivity index (χ3v) is 4.03. The lowest BCUT2D eigenvalue weighted by atomic mass is 10.2. The van der Waals surface area contributed by atoms with Gasteiger partial charge >= 0.3 is 0 Å². The number of ether oxygens (including phenoxy) is 1. The summed E-state index contributed by atoms with van der Waals surface area (Å²) in [4.78, 5) is 24.1. The Balaban J connectivity index is 1.78. The summed E-state index contributed by atoms with van der Waals surface area (Å²) in [6, 6.07) is 18.7. The summed E-state index contributed by atoms with van der Waals surface area (Å²) in [5.41, 5.74) is 2.73. The molecule has 27 heavy (non-hydrogen) atoms. The number of hydrogen-bond donors (Lipinski definition) is 2. The topological polar surface area (TPSA) is 72.4 Å². The first-order valence-corrected chi connectivity index (χ1v) is 8.53. The number of carbonyl (C=O) groups excluding carboxylic acids is 2. The van der Waals surface area contributed by atoms with Crippen molar-refractivity contribution in [3.05, 3.63) is 78.1 Å². The molecule has 0 bridgehead atoms. The molecule has 0 unspecified atom stereocenters. The van der Waals surface area contributed by atoms with E-state index in [1.807, 2.05) is 47.2 Å². The lowest BCUT2D eigenvalue weighted by Crippen LogP contribution is -2.17. The lowest BCUT2D eigenvalue weighted by Gasteiger charge is -2.13. The molecule has 3 aromatic rings. The second kappa shape index (κ2) is 8.23. The Morgan fingerprint density at radius 3 is 2.48 bits per heavy atom. The normalized spacial score (nSPS) is 10.3. The summed E-state index contributed by atoms with van der Waals surface area (Å²) < 4.78 is 7.12. The van der Waals surface area contributed by atoms with Crippen LogP contribution in [0.2, 0.25) is 0 Å². The van der Waals surface area contributed by atoms with Crippen molar-refractivity contribution in [2.24, 2.45) is 0 Å². The Hall–Kier alpha value is -3.54. The van der Waals surface area contributed by atoms with Crippen molar-refractivity contribution in [3.8, 4) is 5.75 Å². The second-order valence-electron chi connectivity index (χ2n) is 6.06. The number of benzene rings is 2. The van der Waals surface area contributed by atoms with Crippen molar-refractivity contribution < 1.29 is 14.3 Å². The van der Waals surface area contributed by atoms with Crippen LogP contribution >= 0.6 is 0 Å². The number of rotatable bonds is 6. The van der Waals surface area contributed by atoms with E-state index in [2.05, 4.69) is 10.6 Å². The highest BCUT2D eigenvalue weighted by Gasteiger charge is 2.13. The zero-order chi connectivity index (χ0) is 19.2. The van der Waals surface area contributed by atoms with Crippen molar-refractivity contribution in [3.63, 3.8) is 0 Å². The van der Waals surface area contributed by atoms with Gasteiger partial charge in [0.05, 0.1) is 12.8 Å². The molecule has 0 spiro atoms. The molecule has 0 aliphatic rings. The van der Waals surface area contributed by atoms with E-state index in [1.165, 1.54) is 14.0 Å². The quantitative estimate of drug-likeness (QED) is 0.700. The van der Waals surface area contributed by atoms with Gasteiger partial charge in [0, 0.05) is 25.4 Å². The maximum atomic E-state index is 12.7. The standard InChI is InChI=1S/C21H21N3O3/c1-15(25)22-18-13-17(10-11-20(18)27-2)23-21(26)19-9-6-12-24(19)14-16-7-4-3-5-8-16/h3-13H,14H2,1-2H3,(H,22,25)(H,23,26). The molecule has 0 fully saturated rings.